The number of esters is 1. The molecule has 0 spiro atoms. The van der Waals surface area contributed by atoms with Crippen LogP contribution >= 0.6 is 0 Å². The van der Waals surface area contributed by atoms with Gasteiger partial charge < -0.3 is 28.8 Å². The van der Waals surface area contributed by atoms with E-state index in [9.17, 15) is 9.90 Å². The van der Waals surface area contributed by atoms with E-state index >= 15 is 0 Å². The first-order chi connectivity index (χ1) is 12.3. The molecule has 0 radical (unpaired) electrons. The lowest BCUT2D eigenvalue weighted by Crippen LogP contribution is -2.63. The van der Waals surface area contributed by atoms with Crippen LogP contribution < -0.4 is 0 Å². The van der Waals surface area contributed by atoms with E-state index in [1.165, 1.54) is 7.11 Å². The number of benzene rings is 1. The van der Waals surface area contributed by atoms with Gasteiger partial charge in [-0.05, 0) is 20.8 Å². The molecule has 7 heteroatoms. The molecular weight excluding hydrogens is 340 g/mol. The monoisotopic (exact) mass is 366 g/mol. The van der Waals surface area contributed by atoms with Gasteiger partial charge in [0.05, 0.1) is 12.0 Å². The van der Waals surface area contributed by atoms with Crippen molar-refractivity contribution in [2.24, 2.45) is 5.41 Å². The van der Waals surface area contributed by atoms with Crippen molar-refractivity contribution in [2.75, 3.05) is 13.7 Å². The average Bonchev–Trinajstić information content (AvgIpc) is 2.63. The van der Waals surface area contributed by atoms with Gasteiger partial charge in [-0.25, -0.2) is 0 Å². The molecule has 1 N–H and O–H groups in total. The van der Waals surface area contributed by atoms with Crippen molar-refractivity contribution in [1.82, 2.24) is 0 Å². The zero-order valence-corrected chi connectivity index (χ0v) is 15.5. The predicted octanol–water partition coefficient (Wildman–Crippen LogP) is 1.79. The maximum Gasteiger partial charge on any atom is 0.311 e. The lowest BCUT2D eigenvalue weighted by Gasteiger charge is -2.47. The lowest BCUT2D eigenvalue weighted by atomic mass is 9.94. The largest absolute Gasteiger partial charge is 0.456 e. The Morgan fingerprint density at radius 2 is 1.88 bits per heavy atom. The summed E-state index contributed by atoms with van der Waals surface area (Å²) >= 11 is 0. The van der Waals surface area contributed by atoms with Gasteiger partial charge in [-0.15, -0.1) is 0 Å². The SMILES string of the molecule is CO[C@H]1O[C@@H]2CO[C@@H](c3ccccc3)O[C@H]2[C@@H](OC(=O)C(C)(C)C)[C@H]1O. The van der Waals surface area contributed by atoms with Crippen LogP contribution in [0.3, 0.4) is 0 Å². The Hall–Kier alpha value is -1.51. The standard InChI is InChI=1S/C19H26O7/c1-19(2,3)18(21)26-15-13(20)17(22-4)24-12-10-23-16(25-14(12)15)11-8-6-5-7-9-11/h5-9,12-17,20H,10H2,1-4H3/t12-,13-,14-,15+,16-,17+/m1/s1. The molecule has 0 aromatic heterocycles. The number of rotatable bonds is 3. The molecule has 1 aromatic carbocycles. The fraction of sp³-hybridized carbons (Fsp3) is 0.632. The molecule has 0 unspecified atom stereocenters. The van der Waals surface area contributed by atoms with Crippen molar-refractivity contribution in [3.05, 3.63) is 35.9 Å². The maximum absolute atomic E-state index is 12.4. The van der Waals surface area contributed by atoms with Crippen molar-refractivity contribution in [1.29, 1.82) is 0 Å². The Labute approximate surface area is 153 Å². The van der Waals surface area contributed by atoms with Crippen LogP contribution in [0.25, 0.3) is 0 Å². The highest BCUT2D eigenvalue weighted by molar-refractivity contribution is 5.75. The summed E-state index contributed by atoms with van der Waals surface area (Å²) in [6, 6.07) is 9.45. The second-order valence-corrected chi connectivity index (χ2v) is 7.57. The molecule has 6 atom stereocenters. The van der Waals surface area contributed by atoms with E-state index in [-0.39, 0.29) is 6.61 Å². The summed E-state index contributed by atoms with van der Waals surface area (Å²) in [6.45, 7) is 5.50. The molecule has 2 fully saturated rings. The minimum Gasteiger partial charge on any atom is -0.456 e. The van der Waals surface area contributed by atoms with Crippen LogP contribution in [0.1, 0.15) is 32.6 Å². The summed E-state index contributed by atoms with van der Waals surface area (Å²) in [6.07, 6.45) is -4.80. The number of aliphatic hydroxyl groups is 1. The average molecular weight is 366 g/mol. The molecule has 7 nitrogen and oxygen atoms in total. The third-order valence-corrected chi connectivity index (χ3v) is 4.47. The number of carbonyl (C=O) groups excluding carboxylic acids is 1. The van der Waals surface area contributed by atoms with Gasteiger partial charge >= 0.3 is 5.97 Å². The molecule has 1 aromatic rings. The molecule has 2 heterocycles. The smallest absolute Gasteiger partial charge is 0.311 e. The van der Waals surface area contributed by atoms with Crippen LogP contribution in [0.15, 0.2) is 30.3 Å². The number of carbonyl (C=O) groups is 1. The van der Waals surface area contributed by atoms with Gasteiger partial charge in [-0.2, -0.15) is 0 Å². The Kier molecular flexibility index (Phi) is 5.64. The van der Waals surface area contributed by atoms with E-state index in [1.807, 2.05) is 30.3 Å². The molecule has 0 amide bonds. The fourth-order valence-electron chi connectivity index (χ4n) is 2.97. The summed E-state index contributed by atoms with van der Waals surface area (Å²) in [5, 5.41) is 10.6. The fourth-order valence-corrected chi connectivity index (χ4v) is 2.97. The van der Waals surface area contributed by atoms with E-state index < -0.39 is 48.4 Å². The molecule has 2 saturated heterocycles. The first-order valence-corrected chi connectivity index (χ1v) is 8.70. The summed E-state index contributed by atoms with van der Waals surface area (Å²) in [4.78, 5) is 12.4. The van der Waals surface area contributed by atoms with Crippen molar-refractivity contribution in [3.63, 3.8) is 0 Å². The summed E-state index contributed by atoms with van der Waals surface area (Å²) < 4.78 is 28.3. The van der Waals surface area contributed by atoms with Gasteiger partial charge in [0, 0.05) is 12.7 Å². The highest BCUT2D eigenvalue weighted by atomic mass is 16.8. The number of aliphatic hydroxyl groups excluding tert-OH is 1. The van der Waals surface area contributed by atoms with E-state index in [2.05, 4.69) is 0 Å². The van der Waals surface area contributed by atoms with Gasteiger partial charge in [0.2, 0.25) is 0 Å². The molecular formula is C19H26O7. The van der Waals surface area contributed by atoms with E-state index in [1.54, 1.807) is 20.8 Å². The van der Waals surface area contributed by atoms with Crippen LogP contribution in [0, 0.1) is 5.41 Å². The Morgan fingerprint density at radius 1 is 1.19 bits per heavy atom. The molecule has 2 aliphatic rings. The third kappa shape index (κ3) is 3.92. The van der Waals surface area contributed by atoms with Crippen molar-refractivity contribution >= 4 is 5.97 Å². The molecule has 0 saturated carbocycles. The first kappa shape index (κ1) is 19.3. The normalized spacial score (nSPS) is 34.8. The molecule has 0 aliphatic carbocycles. The van der Waals surface area contributed by atoms with Crippen LogP contribution in [0.4, 0.5) is 0 Å². The number of hydrogen-bond acceptors (Lipinski definition) is 7. The number of hydrogen-bond donors (Lipinski definition) is 1. The second-order valence-electron chi connectivity index (χ2n) is 7.57. The first-order valence-electron chi connectivity index (χ1n) is 8.70. The van der Waals surface area contributed by atoms with Crippen LogP contribution in [0.2, 0.25) is 0 Å². The topological polar surface area (TPSA) is 83.5 Å². The Bertz CT molecular complexity index is 612. The number of fused-ring (bicyclic) bond motifs is 1. The highest BCUT2D eigenvalue weighted by Gasteiger charge is 2.52. The van der Waals surface area contributed by atoms with Crippen molar-refractivity contribution in [3.8, 4) is 0 Å². The van der Waals surface area contributed by atoms with E-state index in [4.69, 9.17) is 23.7 Å². The van der Waals surface area contributed by atoms with Crippen LogP contribution in [0.5, 0.6) is 0 Å². The predicted molar refractivity (Wildman–Crippen MR) is 91.0 cm³/mol. The number of ether oxygens (including phenoxy) is 5. The van der Waals surface area contributed by atoms with Gasteiger partial charge in [0.1, 0.15) is 18.3 Å². The summed E-state index contributed by atoms with van der Waals surface area (Å²) in [7, 11) is 1.42. The quantitative estimate of drug-likeness (QED) is 0.817. The van der Waals surface area contributed by atoms with Crippen molar-refractivity contribution in [2.45, 2.75) is 57.8 Å². The summed E-state index contributed by atoms with van der Waals surface area (Å²) in [5.74, 6) is -0.427. The van der Waals surface area contributed by atoms with Gasteiger partial charge in [-0.3, -0.25) is 4.79 Å². The zero-order valence-electron chi connectivity index (χ0n) is 15.5. The molecule has 144 valence electrons. The Balaban J connectivity index is 1.82. The van der Waals surface area contributed by atoms with E-state index in [0.717, 1.165) is 5.56 Å². The number of methoxy groups -OCH3 is 1. The van der Waals surface area contributed by atoms with Crippen LogP contribution in [-0.2, 0) is 28.5 Å². The van der Waals surface area contributed by atoms with Gasteiger partial charge in [0.25, 0.3) is 0 Å². The third-order valence-electron chi connectivity index (χ3n) is 4.47. The van der Waals surface area contributed by atoms with Crippen LogP contribution in [-0.4, -0.2) is 55.5 Å². The summed E-state index contributed by atoms with van der Waals surface area (Å²) in [5.41, 5.74) is 0.135. The van der Waals surface area contributed by atoms with Gasteiger partial charge in [0.15, 0.2) is 18.7 Å². The minimum absolute atomic E-state index is 0.236. The zero-order chi connectivity index (χ0) is 18.9. The second kappa shape index (κ2) is 7.62. The molecule has 0 bridgehead atoms. The van der Waals surface area contributed by atoms with E-state index in [0.29, 0.717) is 0 Å². The van der Waals surface area contributed by atoms with Crippen molar-refractivity contribution < 1.29 is 33.6 Å². The molecule has 26 heavy (non-hydrogen) atoms. The van der Waals surface area contributed by atoms with Gasteiger partial charge in [-0.1, -0.05) is 30.3 Å². The molecule has 2 aliphatic heterocycles. The Morgan fingerprint density at radius 3 is 2.50 bits per heavy atom. The maximum atomic E-state index is 12.4. The minimum atomic E-state index is -1.16. The molecule has 3 rings (SSSR count). The lowest BCUT2D eigenvalue weighted by molar-refractivity contribution is -0.359. The highest BCUT2D eigenvalue weighted by Crippen LogP contribution is 2.36.